The Labute approximate surface area is 132 Å². The highest BCUT2D eigenvalue weighted by Crippen LogP contribution is 2.13. The van der Waals surface area contributed by atoms with E-state index in [1.807, 2.05) is 18.2 Å². The molecule has 0 bridgehead atoms. The number of nitrogens with one attached hydrogen (secondary N) is 1. The van der Waals surface area contributed by atoms with E-state index in [0.717, 1.165) is 0 Å². The van der Waals surface area contributed by atoms with Crippen LogP contribution < -0.4 is 5.43 Å². The van der Waals surface area contributed by atoms with Crippen molar-refractivity contribution < 1.29 is 0 Å². The Bertz CT molecular complexity index is 857. The number of hydrazone groups is 1. The topological polar surface area (TPSA) is 120 Å². The van der Waals surface area contributed by atoms with E-state index >= 15 is 0 Å². The van der Waals surface area contributed by atoms with E-state index in [4.69, 9.17) is 15.8 Å². The lowest BCUT2D eigenvalue weighted by Gasteiger charge is -1.99. The molecule has 108 valence electrons. The second-order valence-corrected chi connectivity index (χ2v) is 4.21. The molecule has 0 unspecified atom stereocenters. The van der Waals surface area contributed by atoms with Crippen LogP contribution in [0.1, 0.15) is 11.1 Å². The van der Waals surface area contributed by atoms with E-state index in [9.17, 15) is 0 Å². The molecule has 0 saturated heterocycles. The SMILES string of the molecule is N#C/C(N=Nc1ccc(C#N)cc1)=N\Nc1ccc(C#N)cc1. The molecule has 0 spiro atoms. The predicted octanol–water partition coefficient (Wildman–Crippen LogP) is 3.46. The van der Waals surface area contributed by atoms with Gasteiger partial charge in [0, 0.05) is 0 Å². The molecule has 2 aromatic rings. The van der Waals surface area contributed by atoms with Crippen molar-refractivity contribution in [2.75, 3.05) is 5.43 Å². The Hall–Kier alpha value is -4.02. The van der Waals surface area contributed by atoms with Gasteiger partial charge in [-0.15, -0.1) is 15.3 Å². The zero-order chi connectivity index (χ0) is 16.5. The summed E-state index contributed by atoms with van der Waals surface area (Å²) in [4.78, 5) is 0. The first-order chi connectivity index (χ1) is 11.2. The van der Waals surface area contributed by atoms with Crippen LogP contribution in [-0.2, 0) is 0 Å². The average Bonchev–Trinajstić information content (AvgIpc) is 2.62. The summed E-state index contributed by atoms with van der Waals surface area (Å²) in [5.74, 6) is -0.154. The number of amidine groups is 1. The molecule has 0 aromatic heterocycles. The van der Waals surface area contributed by atoms with Crippen molar-refractivity contribution in [1.82, 2.24) is 0 Å². The molecule has 2 rings (SSSR count). The van der Waals surface area contributed by atoms with E-state index in [2.05, 4.69) is 20.8 Å². The van der Waals surface area contributed by atoms with Crippen LogP contribution in [0.3, 0.4) is 0 Å². The summed E-state index contributed by atoms with van der Waals surface area (Å²) in [5.41, 5.74) is 4.82. The monoisotopic (exact) mass is 299 g/mol. The van der Waals surface area contributed by atoms with Crippen molar-refractivity contribution >= 4 is 17.2 Å². The molecule has 0 radical (unpaired) electrons. The van der Waals surface area contributed by atoms with Crippen LogP contribution in [0.2, 0.25) is 0 Å². The number of rotatable bonds is 3. The molecule has 0 saturated carbocycles. The molecule has 0 amide bonds. The fourth-order valence-corrected chi connectivity index (χ4v) is 1.51. The van der Waals surface area contributed by atoms with Crippen molar-refractivity contribution in [3.63, 3.8) is 0 Å². The molecule has 0 aliphatic carbocycles. The fourth-order valence-electron chi connectivity index (χ4n) is 1.51. The molecule has 2 aromatic carbocycles. The quantitative estimate of drug-likeness (QED) is 0.403. The summed E-state index contributed by atoms with van der Waals surface area (Å²) in [7, 11) is 0. The molecule has 7 heteroatoms. The van der Waals surface area contributed by atoms with Gasteiger partial charge in [-0.1, -0.05) is 0 Å². The molecule has 0 fully saturated rings. The van der Waals surface area contributed by atoms with Gasteiger partial charge in [0.15, 0.2) is 0 Å². The molecular formula is C16H9N7. The first kappa shape index (κ1) is 15.4. The van der Waals surface area contributed by atoms with Crippen molar-refractivity contribution in [3.05, 3.63) is 59.7 Å². The van der Waals surface area contributed by atoms with Gasteiger partial charge in [-0.05, 0) is 48.5 Å². The maximum atomic E-state index is 8.99. The van der Waals surface area contributed by atoms with Crippen LogP contribution in [0.25, 0.3) is 0 Å². The lowest BCUT2D eigenvalue weighted by molar-refractivity contribution is 1.23. The highest BCUT2D eigenvalue weighted by atomic mass is 15.3. The third-order valence-corrected chi connectivity index (χ3v) is 2.66. The van der Waals surface area contributed by atoms with Crippen LogP contribution in [0.15, 0.2) is 63.9 Å². The maximum Gasteiger partial charge on any atom is 0.270 e. The highest BCUT2D eigenvalue weighted by Gasteiger charge is 1.97. The van der Waals surface area contributed by atoms with E-state index in [-0.39, 0.29) is 5.84 Å². The minimum atomic E-state index is -0.154. The smallest absolute Gasteiger partial charge is 0.270 e. The van der Waals surface area contributed by atoms with E-state index in [1.165, 1.54) is 0 Å². The summed E-state index contributed by atoms with van der Waals surface area (Å²) < 4.78 is 0. The van der Waals surface area contributed by atoms with Crippen molar-refractivity contribution in [3.8, 4) is 18.2 Å². The van der Waals surface area contributed by atoms with Gasteiger partial charge in [0.1, 0.15) is 6.07 Å². The van der Waals surface area contributed by atoms with Gasteiger partial charge in [-0.3, -0.25) is 5.43 Å². The van der Waals surface area contributed by atoms with Gasteiger partial charge in [0.25, 0.3) is 5.84 Å². The van der Waals surface area contributed by atoms with Crippen LogP contribution in [0, 0.1) is 34.0 Å². The Balaban J connectivity index is 2.06. The predicted molar refractivity (Wildman–Crippen MR) is 83.5 cm³/mol. The minimum absolute atomic E-state index is 0.154. The van der Waals surface area contributed by atoms with Gasteiger partial charge in [-0.2, -0.15) is 15.8 Å². The zero-order valence-corrected chi connectivity index (χ0v) is 11.8. The van der Waals surface area contributed by atoms with Gasteiger partial charge < -0.3 is 0 Å². The normalized spacial score (nSPS) is 10.6. The summed E-state index contributed by atoms with van der Waals surface area (Å²) in [6.07, 6.45) is 0. The number of anilines is 1. The molecule has 0 atom stereocenters. The molecule has 0 aliphatic rings. The lowest BCUT2D eigenvalue weighted by atomic mass is 10.2. The van der Waals surface area contributed by atoms with Gasteiger partial charge >= 0.3 is 0 Å². The van der Waals surface area contributed by atoms with Crippen molar-refractivity contribution in [1.29, 1.82) is 15.8 Å². The standard InChI is InChI=1S/C16H9N7/c17-9-12-1-5-14(6-2-12)20-22-16(11-19)23-21-15-7-3-13(10-18)4-8-15/h1-8,20H/b22-16+,23-21?. The molecular weight excluding hydrogens is 290 g/mol. The molecule has 7 nitrogen and oxygen atoms in total. The molecule has 1 N–H and O–H groups in total. The Kier molecular flexibility index (Phi) is 5.13. The number of benzene rings is 2. The number of nitriles is 3. The van der Waals surface area contributed by atoms with Gasteiger partial charge in [0.2, 0.25) is 0 Å². The van der Waals surface area contributed by atoms with Crippen LogP contribution in [0.5, 0.6) is 0 Å². The Morgan fingerprint density at radius 1 is 0.826 bits per heavy atom. The first-order valence-corrected chi connectivity index (χ1v) is 6.41. The van der Waals surface area contributed by atoms with E-state index in [1.54, 1.807) is 48.5 Å². The third kappa shape index (κ3) is 4.49. The first-order valence-electron chi connectivity index (χ1n) is 6.41. The second kappa shape index (κ2) is 7.68. The van der Waals surface area contributed by atoms with Crippen molar-refractivity contribution in [2.45, 2.75) is 0 Å². The van der Waals surface area contributed by atoms with Gasteiger partial charge in [-0.25, -0.2) is 0 Å². The van der Waals surface area contributed by atoms with Crippen LogP contribution in [0.4, 0.5) is 11.4 Å². The summed E-state index contributed by atoms with van der Waals surface area (Å²) in [5, 5.41) is 37.8. The summed E-state index contributed by atoms with van der Waals surface area (Å²) in [6, 6.07) is 18.8. The number of hydrogen-bond acceptors (Lipinski definition) is 6. The fraction of sp³-hybridized carbons (Fsp3) is 0. The molecule has 0 aliphatic heterocycles. The van der Waals surface area contributed by atoms with Crippen LogP contribution in [-0.4, -0.2) is 5.84 Å². The summed E-state index contributed by atoms with van der Waals surface area (Å²) in [6.45, 7) is 0. The number of nitrogens with zero attached hydrogens (tertiary/aromatic N) is 6. The molecule has 23 heavy (non-hydrogen) atoms. The second-order valence-electron chi connectivity index (χ2n) is 4.21. The lowest BCUT2D eigenvalue weighted by Crippen LogP contribution is -1.95. The van der Waals surface area contributed by atoms with Crippen molar-refractivity contribution in [2.24, 2.45) is 15.3 Å². The highest BCUT2D eigenvalue weighted by molar-refractivity contribution is 5.97. The number of azo groups is 1. The Morgan fingerprint density at radius 2 is 1.39 bits per heavy atom. The van der Waals surface area contributed by atoms with Gasteiger partial charge in [0.05, 0.1) is 34.6 Å². The Morgan fingerprint density at radius 3 is 1.91 bits per heavy atom. The average molecular weight is 299 g/mol. The largest absolute Gasteiger partial charge is 0.276 e. The van der Waals surface area contributed by atoms with E-state index in [0.29, 0.717) is 22.5 Å². The third-order valence-electron chi connectivity index (χ3n) is 2.66. The summed E-state index contributed by atoms with van der Waals surface area (Å²) >= 11 is 0. The van der Waals surface area contributed by atoms with E-state index < -0.39 is 0 Å². The number of hydrogen-bond donors (Lipinski definition) is 1. The zero-order valence-electron chi connectivity index (χ0n) is 11.8. The van der Waals surface area contributed by atoms with Crippen LogP contribution >= 0.6 is 0 Å². The maximum absolute atomic E-state index is 8.99. The minimum Gasteiger partial charge on any atom is -0.276 e. The molecule has 0 heterocycles.